The number of ether oxygens (including phenoxy) is 1. The maximum absolute atomic E-state index is 11.5. The SMILES string of the molecule is CCOC(=O)CNC1=C/C(=N/c2ccc(C(C)=O)cc2)CC(C)(C)C1. The van der Waals surface area contributed by atoms with E-state index in [0.29, 0.717) is 12.2 Å². The topological polar surface area (TPSA) is 67.8 Å². The van der Waals surface area contributed by atoms with E-state index in [1.165, 1.54) is 0 Å². The summed E-state index contributed by atoms with van der Waals surface area (Å²) in [7, 11) is 0. The van der Waals surface area contributed by atoms with Crippen molar-refractivity contribution >= 4 is 23.2 Å². The molecule has 0 radical (unpaired) electrons. The summed E-state index contributed by atoms with van der Waals surface area (Å²) in [6, 6.07) is 7.29. The lowest BCUT2D eigenvalue weighted by Gasteiger charge is -2.31. The van der Waals surface area contributed by atoms with Gasteiger partial charge in [0.1, 0.15) is 6.54 Å². The van der Waals surface area contributed by atoms with Gasteiger partial charge in [-0.1, -0.05) is 13.8 Å². The van der Waals surface area contributed by atoms with Crippen molar-refractivity contribution < 1.29 is 14.3 Å². The van der Waals surface area contributed by atoms with E-state index in [9.17, 15) is 9.59 Å². The highest BCUT2D eigenvalue weighted by molar-refractivity contribution is 5.99. The summed E-state index contributed by atoms with van der Waals surface area (Å²) >= 11 is 0. The van der Waals surface area contributed by atoms with Gasteiger partial charge in [-0.05, 0) is 62.4 Å². The van der Waals surface area contributed by atoms with Crippen LogP contribution in [0, 0.1) is 5.41 Å². The van der Waals surface area contributed by atoms with Crippen molar-refractivity contribution in [3.05, 3.63) is 41.6 Å². The van der Waals surface area contributed by atoms with E-state index >= 15 is 0 Å². The highest BCUT2D eigenvalue weighted by atomic mass is 16.5. The summed E-state index contributed by atoms with van der Waals surface area (Å²) in [5.74, 6) is -0.214. The number of nitrogens with one attached hydrogen (secondary N) is 1. The van der Waals surface area contributed by atoms with Gasteiger partial charge >= 0.3 is 5.97 Å². The Morgan fingerprint density at radius 3 is 2.48 bits per heavy atom. The average Bonchev–Trinajstić information content (AvgIpc) is 2.52. The van der Waals surface area contributed by atoms with Gasteiger partial charge in [-0.2, -0.15) is 0 Å². The van der Waals surface area contributed by atoms with Crippen LogP contribution in [0.1, 0.15) is 50.9 Å². The Labute approximate surface area is 149 Å². The van der Waals surface area contributed by atoms with E-state index in [1.807, 2.05) is 18.2 Å². The van der Waals surface area contributed by atoms with Gasteiger partial charge in [0, 0.05) is 17.0 Å². The van der Waals surface area contributed by atoms with Crippen molar-refractivity contribution in [2.75, 3.05) is 13.2 Å². The molecule has 0 amide bonds. The fourth-order valence-electron chi connectivity index (χ4n) is 2.89. The molecule has 25 heavy (non-hydrogen) atoms. The molecule has 1 aromatic carbocycles. The summed E-state index contributed by atoms with van der Waals surface area (Å²) in [5, 5.41) is 3.16. The summed E-state index contributed by atoms with van der Waals surface area (Å²) in [5.41, 5.74) is 3.50. The molecule has 0 heterocycles. The highest BCUT2D eigenvalue weighted by Gasteiger charge is 2.26. The van der Waals surface area contributed by atoms with Crippen molar-refractivity contribution in [1.29, 1.82) is 0 Å². The van der Waals surface area contributed by atoms with Crippen molar-refractivity contribution in [1.82, 2.24) is 5.32 Å². The van der Waals surface area contributed by atoms with Gasteiger partial charge in [-0.15, -0.1) is 0 Å². The van der Waals surface area contributed by atoms with Crippen LogP contribution in [0.25, 0.3) is 0 Å². The first-order valence-corrected chi connectivity index (χ1v) is 8.58. The molecule has 5 heteroatoms. The Kier molecular flexibility index (Phi) is 6.12. The lowest BCUT2D eigenvalue weighted by molar-refractivity contribution is -0.141. The van der Waals surface area contributed by atoms with Crippen LogP contribution < -0.4 is 5.32 Å². The number of hydrogen-bond acceptors (Lipinski definition) is 5. The van der Waals surface area contributed by atoms with Gasteiger partial charge in [0.05, 0.1) is 12.3 Å². The number of hydrogen-bond donors (Lipinski definition) is 1. The number of aliphatic imine (C=N–C) groups is 1. The molecule has 0 saturated heterocycles. The summed E-state index contributed by atoms with van der Waals surface area (Å²) < 4.78 is 4.95. The van der Waals surface area contributed by atoms with E-state index in [2.05, 4.69) is 19.2 Å². The Balaban J connectivity index is 2.15. The molecule has 5 nitrogen and oxygen atoms in total. The molecule has 0 fully saturated rings. The number of ketones is 1. The number of rotatable bonds is 6. The van der Waals surface area contributed by atoms with E-state index in [0.717, 1.165) is 29.9 Å². The number of nitrogens with zero attached hydrogens (tertiary/aromatic N) is 1. The predicted molar refractivity (Wildman–Crippen MR) is 99.3 cm³/mol. The molecule has 0 unspecified atom stereocenters. The van der Waals surface area contributed by atoms with E-state index < -0.39 is 0 Å². The normalized spacial score (nSPS) is 17.8. The molecule has 0 spiro atoms. The van der Waals surface area contributed by atoms with Gasteiger partial charge in [0.25, 0.3) is 0 Å². The minimum absolute atomic E-state index is 0.0448. The first kappa shape index (κ1) is 18.9. The molecule has 2 rings (SSSR count). The number of esters is 1. The Morgan fingerprint density at radius 2 is 1.88 bits per heavy atom. The van der Waals surface area contributed by atoms with Crippen molar-refractivity contribution in [2.24, 2.45) is 10.4 Å². The monoisotopic (exact) mass is 342 g/mol. The molecular weight excluding hydrogens is 316 g/mol. The number of carbonyl (C=O) groups excluding carboxylic acids is 2. The standard InChI is InChI=1S/C20H26N2O3/c1-5-25-19(24)13-21-17-10-18(12-20(3,4)11-17)22-16-8-6-15(7-9-16)14(2)23/h6-10,21H,5,11-13H2,1-4H3/b22-18-. The van der Waals surface area contributed by atoms with Crippen molar-refractivity contribution in [3.8, 4) is 0 Å². The Morgan fingerprint density at radius 1 is 1.20 bits per heavy atom. The molecular formula is C20H26N2O3. The van der Waals surface area contributed by atoms with E-state index in [-0.39, 0.29) is 23.7 Å². The predicted octanol–water partition coefficient (Wildman–Crippen LogP) is 3.82. The number of allylic oxidation sites excluding steroid dienone is 2. The lowest BCUT2D eigenvalue weighted by Crippen LogP contribution is -2.31. The van der Waals surface area contributed by atoms with Crippen LogP contribution in [-0.4, -0.2) is 30.6 Å². The minimum Gasteiger partial charge on any atom is -0.465 e. The first-order chi connectivity index (χ1) is 11.8. The Hall–Kier alpha value is -2.43. The molecule has 1 aliphatic rings. The summed E-state index contributed by atoms with van der Waals surface area (Å²) in [6.45, 7) is 8.25. The van der Waals surface area contributed by atoms with Crippen LogP contribution >= 0.6 is 0 Å². The number of carbonyl (C=O) groups is 2. The maximum atomic E-state index is 11.5. The van der Waals surface area contributed by atoms with Crippen molar-refractivity contribution in [3.63, 3.8) is 0 Å². The van der Waals surface area contributed by atoms with Crippen LogP contribution in [-0.2, 0) is 9.53 Å². The van der Waals surface area contributed by atoms with Crippen LogP contribution in [0.5, 0.6) is 0 Å². The minimum atomic E-state index is -0.259. The van der Waals surface area contributed by atoms with E-state index in [1.54, 1.807) is 26.0 Å². The largest absolute Gasteiger partial charge is 0.465 e. The summed E-state index contributed by atoms with van der Waals surface area (Å²) in [4.78, 5) is 27.6. The zero-order chi connectivity index (χ0) is 18.4. The average molecular weight is 342 g/mol. The van der Waals surface area contributed by atoms with E-state index in [4.69, 9.17) is 9.73 Å². The molecule has 1 N–H and O–H groups in total. The third-order valence-corrected chi connectivity index (χ3v) is 3.98. The molecule has 0 saturated carbocycles. The highest BCUT2D eigenvalue weighted by Crippen LogP contribution is 2.34. The van der Waals surface area contributed by atoms with Crippen LogP contribution in [0.15, 0.2) is 41.0 Å². The van der Waals surface area contributed by atoms with Crippen LogP contribution in [0.3, 0.4) is 0 Å². The quantitative estimate of drug-likeness (QED) is 0.630. The molecule has 1 aliphatic carbocycles. The third-order valence-electron chi connectivity index (χ3n) is 3.98. The zero-order valence-corrected chi connectivity index (χ0v) is 15.4. The number of benzene rings is 1. The maximum Gasteiger partial charge on any atom is 0.325 e. The van der Waals surface area contributed by atoms with Gasteiger partial charge in [-0.3, -0.25) is 14.6 Å². The van der Waals surface area contributed by atoms with Crippen molar-refractivity contribution in [2.45, 2.75) is 40.5 Å². The third kappa shape index (κ3) is 5.85. The van der Waals surface area contributed by atoms with Gasteiger partial charge < -0.3 is 10.1 Å². The second-order valence-corrected chi connectivity index (χ2v) is 7.05. The molecule has 1 aromatic rings. The lowest BCUT2D eigenvalue weighted by atomic mass is 9.78. The fraction of sp³-hybridized carbons (Fsp3) is 0.450. The first-order valence-electron chi connectivity index (χ1n) is 8.58. The molecule has 0 aromatic heterocycles. The molecule has 0 aliphatic heterocycles. The molecule has 0 bridgehead atoms. The number of Topliss-reactive ketones (excluding diaryl/α,β-unsaturated/α-hetero) is 1. The van der Waals surface area contributed by atoms with Gasteiger partial charge in [-0.25, -0.2) is 0 Å². The van der Waals surface area contributed by atoms with Gasteiger partial charge in [0.2, 0.25) is 0 Å². The van der Waals surface area contributed by atoms with Gasteiger partial charge in [0.15, 0.2) is 5.78 Å². The second-order valence-electron chi connectivity index (χ2n) is 7.05. The summed E-state index contributed by atoms with van der Waals surface area (Å²) in [6.07, 6.45) is 3.71. The molecule has 134 valence electrons. The van der Waals surface area contributed by atoms with Crippen LogP contribution in [0.4, 0.5) is 5.69 Å². The molecule has 0 atom stereocenters. The Bertz CT molecular complexity index is 700. The fourth-order valence-corrected chi connectivity index (χ4v) is 2.89. The zero-order valence-electron chi connectivity index (χ0n) is 15.4. The second kappa shape index (κ2) is 8.10. The van der Waals surface area contributed by atoms with Crippen LogP contribution in [0.2, 0.25) is 0 Å². The smallest absolute Gasteiger partial charge is 0.325 e.